The molecule has 0 spiro atoms. The van der Waals surface area contributed by atoms with E-state index in [1.807, 2.05) is 35.2 Å². The van der Waals surface area contributed by atoms with Crippen LogP contribution in [0, 0.1) is 0 Å². The number of carbonyl (C=O) groups excluding carboxylic acids is 2. The number of ether oxygens (including phenoxy) is 1. The number of aromatic nitrogens is 1. The molecule has 3 amide bonds. The summed E-state index contributed by atoms with van der Waals surface area (Å²) in [6.45, 7) is 4.07. The molecule has 45 heavy (non-hydrogen) atoms. The minimum absolute atomic E-state index is 0.0987. The number of hydrogen-bond donors (Lipinski definition) is 6. The van der Waals surface area contributed by atoms with Crippen molar-refractivity contribution in [3.63, 3.8) is 0 Å². The fourth-order valence-corrected chi connectivity index (χ4v) is 3.72. The maximum atomic E-state index is 12.5. The SMILES string of the molecule is NC(=O)c1cccc(COc2cccc(CN3CCN(C(=O)Nc4cccnc4)CC3)c2)c1.O=C(O)C(=O)O.O=C(O)C(=O)O. The van der Waals surface area contributed by atoms with Gasteiger partial charge in [-0.2, -0.15) is 0 Å². The molecular formula is C29H31N5O11. The van der Waals surface area contributed by atoms with Gasteiger partial charge < -0.3 is 41.1 Å². The number of pyridine rings is 1. The Morgan fingerprint density at radius 2 is 1.38 bits per heavy atom. The molecule has 0 aliphatic carbocycles. The Morgan fingerprint density at radius 1 is 0.778 bits per heavy atom. The lowest BCUT2D eigenvalue weighted by atomic mass is 10.1. The van der Waals surface area contributed by atoms with Crippen LogP contribution in [0.1, 0.15) is 21.5 Å². The molecular weight excluding hydrogens is 594 g/mol. The monoisotopic (exact) mass is 625 g/mol. The van der Waals surface area contributed by atoms with Crippen LogP contribution in [-0.2, 0) is 32.3 Å². The molecule has 0 bridgehead atoms. The van der Waals surface area contributed by atoms with Crippen molar-refractivity contribution in [2.24, 2.45) is 5.73 Å². The van der Waals surface area contributed by atoms with Gasteiger partial charge in [-0.05, 0) is 47.5 Å². The number of carboxylic acids is 4. The number of carbonyl (C=O) groups is 6. The lowest BCUT2D eigenvalue weighted by Gasteiger charge is -2.34. The molecule has 0 radical (unpaired) electrons. The number of primary amides is 1. The molecule has 1 aliphatic rings. The van der Waals surface area contributed by atoms with Gasteiger partial charge in [0.15, 0.2) is 0 Å². The van der Waals surface area contributed by atoms with Crippen molar-refractivity contribution in [2.45, 2.75) is 13.2 Å². The molecule has 1 fully saturated rings. The molecule has 1 saturated heterocycles. The van der Waals surface area contributed by atoms with E-state index in [4.69, 9.17) is 50.1 Å². The van der Waals surface area contributed by atoms with Crippen LogP contribution in [0.4, 0.5) is 10.5 Å². The smallest absolute Gasteiger partial charge is 0.414 e. The average Bonchev–Trinajstić information content (AvgIpc) is 3.02. The first-order chi connectivity index (χ1) is 21.3. The van der Waals surface area contributed by atoms with Gasteiger partial charge in [0, 0.05) is 44.5 Å². The minimum Gasteiger partial charge on any atom is -0.489 e. The first-order valence-electron chi connectivity index (χ1n) is 13.1. The summed E-state index contributed by atoms with van der Waals surface area (Å²) in [6, 6.07) is 18.6. The molecule has 3 aromatic rings. The zero-order valence-corrected chi connectivity index (χ0v) is 23.7. The van der Waals surface area contributed by atoms with E-state index in [0.717, 1.165) is 36.5 Å². The molecule has 1 aliphatic heterocycles. The van der Waals surface area contributed by atoms with Gasteiger partial charge in [-0.1, -0.05) is 24.3 Å². The highest BCUT2D eigenvalue weighted by Crippen LogP contribution is 2.18. The molecule has 238 valence electrons. The van der Waals surface area contributed by atoms with Crippen molar-refractivity contribution in [2.75, 3.05) is 31.5 Å². The van der Waals surface area contributed by atoms with Crippen molar-refractivity contribution in [3.8, 4) is 5.75 Å². The molecule has 0 saturated carbocycles. The second kappa shape index (κ2) is 17.8. The molecule has 16 nitrogen and oxygen atoms in total. The highest BCUT2D eigenvalue weighted by molar-refractivity contribution is 6.27. The quantitative estimate of drug-likeness (QED) is 0.204. The predicted molar refractivity (Wildman–Crippen MR) is 156 cm³/mol. The van der Waals surface area contributed by atoms with E-state index in [9.17, 15) is 9.59 Å². The lowest BCUT2D eigenvalue weighted by Crippen LogP contribution is -2.49. The zero-order valence-electron chi connectivity index (χ0n) is 23.7. The molecule has 7 N–H and O–H groups in total. The topological polar surface area (TPSA) is 250 Å². The van der Waals surface area contributed by atoms with Crippen LogP contribution in [0.2, 0.25) is 0 Å². The second-order valence-corrected chi connectivity index (χ2v) is 9.16. The fraction of sp³-hybridized carbons (Fsp3) is 0.207. The Labute approximate surface area is 256 Å². The van der Waals surface area contributed by atoms with E-state index in [0.29, 0.717) is 30.9 Å². The number of piperazine rings is 1. The number of rotatable bonds is 7. The molecule has 16 heteroatoms. The lowest BCUT2D eigenvalue weighted by molar-refractivity contribution is -0.159. The number of amides is 3. The number of nitrogens with two attached hydrogens (primary N) is 1. The minimum atomic E-state index is -1.82. The van der Waals surface area contributed by atoms with Crippen LogP contribution in [0.3, 0.4) is 0 Å². The number of benzene rings is 2. The van der Waals surface area contributed by atoms with Crippen LogP contribution in [0.5, 0.6) is 5.75 Å². The van der Waals surface area contributed by atoms with Crippen molar-refractivity contribution < 1.29 is 53.9 Å². The van der Waals surface area contributed by atoms with E-state index in [1.54, 1.807) is 36.7 Å². The Kier molecular flexibility index (Phi) is 13.9. The average molecular weight is 626 g/mol. The summed E-state index contributed by atoms with van der Waals surface area (Å²) in [4.78, 5) is 68.4. The van der Waals surface area contributed by atoms with Crippen molar-refractivity contribution in [3.05, 3.63) is 89.7 Å². The number of nitrogens with zero attached hydrogens (tertiary/aromatic N) is 3. The normalized spacial score (nSPS) is 12.2. The van der Waals surface area contributed by atoms with Crippen molar-refractivity contribution >= 4 is 41.5 Å². The van der Waals surface area contributed by atoms with E-state index in [2.05, 4.69) is 21.3 Å². The van der Waals surface area contributed by atoms with E-state index >= 15 is 0 Å². The number of nitrogens with one attached hydrogen (secondary N) is 1. The molecule has 4 rings (SSSR count). The van der Waals surface area contributed by atoms with Crippen LogP contribution in [0.15, 0.2) is 73.1 Å². The van der Waals surface area contributed by atoms with Gasteiger partial charge >= 0.3 is 29.9 Å². The molecule has 1 aromatic heterocycles. The van der Waals surface area contributed by atoms with Gasteiger partial charge in [-0.3, -0.25) is 14.7 Å². The maximum Gasteiger partial charge on any atom is 0.414 e. The first-order valence-corrected chi connectivity index (χ1v) is 13.1. The van der Waals surface area contributed by atoms with Crippen LogP contribution >= 0.6 is 0 Å². The third-order valence-electron chi connectivity index (χ3n) is 5.86. The van der Waals surface area contributed by atoms with Crippen LogP contribution < -0.4 is 15.8 Å². The Morgan fingerprint density at radius 3 is 1.93 bits per heavy atom. The summed E-state index contributed by atoms with van der Waals surface area (Å²) >= 11 is 0. The zero-order chi connectivity index (χ0) is 33.4. The van der Waals surface area contributed by atoms with Gasteiger partial charge in [0.1, 0.15) is 12.4 Å². The maximum absolute atomic E-state index is 12.5. The van der Waals surface area contributed by atoms with Gasteiger partial charge in [0.05, 0.1) is 11.9 Å². The third kappa shape index (κ3) is 13.2. The fourth-order valence-electron chi connectivity index (χ4n) is 3.72. The number of carboxylic acid groups (broad SMARTS) is 4. The highest BCUT2D eigenvalue weighted by Gasteiger charge is 2.21. The number of anilines is 1. The van der Waals surface area contributed by atoms with Gasteiger partial charge in [0.25, 0.3) is 0 Å². The van der Waals surface area contributed by atoms with Crippen molar-refractivity contribution in [1.82, 2.24) is 14.8 Å². The van der Waals surface area contributed by atoms with Gasteiger partial charge in [-0.25, -0.2) is 24.0 Å². The summed E-state index contributed by atoms with van der Waals surface area (Å²) in [6.07, 6.45) is 3.31. The van der Waals surface area contributed by atoms with Crippen molar-refractivity contribution in [1.29, 1.82) is 0 Å². The Bertz CT molecular complexity index is 1440. The van der Waals surface area contributed by atoms with Crippen LogP contribution in [0.25, 0.3) is 0 Å². The van der Waals surface area contributed by atoms with E-state index in [1.165, 1.54) is 0 Å². The first kappa shape index (κ1) is 35.2. The van der Waals surface area contributed by atoms with Gasteiger partial charge in [0.2, 0.25) is 5.91 Å². The second-order valence-electron chi connectivity index (χ2n) is 9.16. The van der Waals surface area contributed by atoms with Crippen LogP contribution in [-0.4, -0.2) is 97.2 Å². The molecule has 2 aromatic carbocycles. The summed E-state index contributed by atoms with van der Waals surface area (Å²) in [5.74, 6) is -6.98. The Hall–Kier alpha value is -6.03. The summed E-state index contributed by atoms with van der Waals surface area (Å²) < 4.78 is 5.92. The summed E-state index contributed by atoms with van der Waals surface area (Å²) in [7, 11) is 0. The number of aliphatic carboxylic acids is 4. The Balaban J connectivity index is 0.000000499. The van der Waals surface area contributed by atoms with Gasteiger partial charge in [-0.15, -0.1) is 0 Å². The molecule has 0 unspecified atom stereocenters. The highest BCUT2D eigenvalue weighted by atomic mass is 16.5. The standard InChI is InChI=1S/C25H27N5O3.2C2H2O4/c26-24(31)21-6-1-5-20(14-21)18-33-23-8-2-4-19(15-23)17-29-10-12-30(13-11-29)25(32)28-22-7-3-9-27-16-22;2*3-1(4)2(5)6/h1-9,14-16H,10-13,17-18H2,(H2,26,31)(H,28,32);2*(H,3,4)(H,5,6). The van der Waals surface area contributed by atoms with E-state index < -0.39 is 29.8 Å². The van der Waals surface area contributed by atoms with E-state index in [-0.39, 0.29) is 6.03 Å². The number of urea groups is 1. The third-order valence-corrected chi connectivity index (χ3v) is 5.86. The summed E-state index contributed by atoms with van der Waals surface area (Å²) in [5.41, 5.74) is 8.55. The summed E-state index contributed by atoms with van der Waals surface area (Å²) in [5, 5.41) is 32.4. The predicted octanol–water partition coefficient (Wildman–Crippen LogP) is 1.42. The molecule has 2 heterocycles. The number of hydrogen-bond acceptors (Lipinski definition) is 9. The molecule has 0 atom stereocenters. The largest absolute Gasteiger partial charge is 0.489 e.